The van der Waals surface area contributed by atoms with Gasteiger partial charge in [0.05, 0.1) is 14.2 Å². The van der Waals surface area contributed by atoms with E-state index >= 15 is 0 Å². The van der Waals surface area contributed by atoms with Crippen LogP contribution in [-0.2, 0) is 12.8 Å². The van der Waals surface area contributed by atoms with Crippen LogP contribution in [0.2, 0.25) is 0 Å². The molecule has 0 atom stereocenters. The van der Waals surface area contributed by atoms with Crippen LogP contribution in [0.5, 0.6) is 11.5 Å². The number of hydrogen-bond donors (Lipinski definition) is 1. The van der Waals surface area contributed by atoms with Gasteiger partial charge in [-0.3, -0.25) is 0 Å². The number of nitrogens with two attached hydrogens (primary N) is 1. The summed E-state index contributed by atoms with van der Waals surface area (Å²) in [6.45, 7) is 0.749. The Hall–Kier alpha value is -1.22. The molecule has 82 valence electrons. The zero-order valence-electron chi connectivity index (χ0n) is 9.25. The molecule has 3 nitrogen and oxygen atoms in total. The van der Waals surface area contributed by atoms with Crippen molar-refractivity contribution in [3.8, 4) is 11.5 Å². The van der Waals surface area contributed by atoms with Gasteiger partial charge >= 0.3 is 0 Å². The first-order chi connectivity index (χ1) is 7.28. The number of ether oxygens (including phenoxy) is 2. The van der Waals surface area contributed by atoms with Gasteiger partial charge in [0.2, 0.25) is 0 Å². The minimum Gasteiger partial charge on any atom is -0.493 e. The van der Waals surface area contributed by atoms with Gasteiger partial charge in [-0.2, -0.15) is 0 Å². The molecule has 0 saturated carbocycles. The Labute approximate surface area is 90.2 Å². The molecule has 0 aliphatic heterocycles. The van der Waals surface area contributed by atoms with E-state index in [0.717, 1.165) is 30.9 Å². The van der Waals surface area contributed by atoms with Gasteiger partial charge in [0.15, 0.2) is 11.5 Å². The lowest BCUT2D eigenvalue weighted by atomic mass is 10.1. The summed E-state index contributed by atoms with van der Waals surface area (Å²) in [5.41, 5.74) is 8.39. The van der Waals surface area contributed by atoms with Crippen molar-refractivity contribution in [1.82, 2.24) is 0 Å². The fourth-order valence-corrected chi connectivity index (χ4v) is 2.20. The second-order valence-corrected chi connectivity index (χ2v) is 3.99. The highest BCUT2D eigenvalue weighted by atomic mass is 16.5. The van der Waals surface area contributed by atoms with Crippen molar-refractivity contribution in [2.75, 3.05) is 20.8 Å². The van der Waals surface area contributed by atoms with Gasteiger partial charge in [0, 0.05) is 0 Å². The number of methoxy groups -OCH3 is 2. The van der Waals surface area contributed by atoms with Crippen LogP contribution >= 0.6 is 0 Å². The van der Waals surface area contributed by atoms with Crippen LogP contribution < -0.4 is 15.2 Å². The van der Waals surface area contributed by atoms with Gasteiger partial charge in [0.1, 0.15) is 0 Å². The molecular formula is C12H17NO2. The molecule has 0 radical (unpaired) electrons. The minimum atomic E-state index is 0.580. The minimum absolute atomic E-state index is 0.580. The molecule has 2 N–H and O–H groups in total. The van der Waals surface area contributed by atoms with Crippen LogP contribution in [0.1, 0.15) is 11.1 Å². The zero-order chi connectivity index (χ0) is 10.8. The monoisotopic (exact) mass is 207 g/mol. The second-order valence-electron chi connectivity index (χ2n) is 3.99. The third-order valence-corrected chi connectivity index (χ3v) is 3.06. The van der Waals surface area contributed by atoms with E-state index in [4.69, 9.17) is 15.2 Å². The lowest BCUT2D eigenvalue weighted by Crippen LogP contribution is -2.13. The summed E-state index contributed by atoms with van der Waals surface area (Å²) in [5, 5.41) is 0. The summed E-state index contributed by atoms with van der Waals surface area (Å²) in [6, 6.07) is 4.15. The van der Waals surface area contributed by atoms with Crippen molar-refractivity contribution in [2.45, 2.75) is 12.8 Å². The third-order valence-electron chi connectivity index (χ3n) is 3.06. The molecule has 0 unspecified atom stereocenters. The molecule has 1 aromatic rings. The Morgan fingerprint density at radius 3 is 1.93 bits per heavy atom. The largest absolute Gasteiger partial charge is 0.493 e. The fraction of sp³-hybridized carbons (Fsp3) is 0.500. The summed E-state index contributed by atoms with van der Waals surface area (Å²) < 4.78 is 10.5. The Balaban J connectivity index is 2.35. The van der Waals surface area contributed by atoms with Crippen LogP contribution in [0.15, 0.2) is 12.1 Å². The highest BCUT2D eigenvalue weighted by Gasteiger charge is 2.22. The van der Waals surface area contributed by atoms with Gasteiger partial charge in [0.25, 0.3) is 0 Å². The maximum Gasteiger partial charge on any atom is 0.161 e. The average molecular weight is 207 g/mol. The van der Waals surface area contributed by atoms with E-state index < -0.39 is 0 Å². The molecule has 0 fully saturated rings. The van der Waals surface area contributed by atoms with Crippen molar-refractivity contribution >= 4 is 0 Å². The van der Waals surface area contributed by atoms with Crippen molar-refractivity contribution in [1.29, 1.82) is 0 Å². The Morgan fingerprint density at radius 1 is 1.13 bits per heavy atom. The van der Waals surface area contributed by atoms with Crippen LogP contribution in [0.3, 0.4) is 0 Å². The van der Waals surface area contributed by atoms with Crippen LogP contribution in [0.25, 0.3) is 0 Å². The van der Waals surface area contributed by atoms with E-state index in [-0.39, 0.29) is 0 Å². The topological polar surface area (TPSA) is 44.5 Å². The molecule has 2 rings (SSSR count). The average Bonchev–Trinajstić information content (AvgIpc) is 2.68. The molecule has 0 saturated heterocycles. The summed E-state index contributed by atoms with van der Waals surface area (Å²) in [4.78, 5) is 0. The normalized spacial score (nSPS) is 15.1. The summed E-state index contributed by atoms with van der Waals surface area (Å²) >= 11 is 0. The lowest BCUT2D eigenvalue weighted by Gasteiger charge is -2.09. The summed E-state index contributed by atoms with van der Waals surface area (Å²) in [6.07, 6.45) is 2.12. The molecule has 1 aliphatic rings. The predicted molar refractivity (Wildman–Crippen MR) is 59.5 cm³/mol. The molecule has 1 aliphatic carbocycles. The highest BCUT2D eigenvalue weighted by molar-refractivity contribution is 5.49. The molecule has 0 heterocycles. The van der Waals surface area contributed by atoms with Crippen molar-refractivity contribution in [2.24, 2.45) is 11.7 Å². The van der Waals surface area contributed by atoms with Crippen molar-refractivity contribution < 1.29 is 9.47 Å². The smallest absolute Gasteiger partial charge is 0.161 e. The van der Waals surface area contributed by atoms with E-state index in [9.17, 15) is 0 Å². The predicted octanol–water partition coefficient (Wildman–Crippen LogP) is 1.38. The van der Waals surface area contributed by atoms with E-state index in [2.05, 4.69) is 12.1 Å². The zero-order valence-corrected chi connectivity index (χ0v) is 9.25. The van der Waals surface area contributed by atoms with Gasteiger partial charge in [-0.15, -0.1) is 0 Å². The van der Waals surface area contributed by atoms with E-state index in [1.807, 2.05) is 0 Å². The van der Waals surface area contributed by atoms with Crippen molar-refractivity contribution in [3.63, 3.8) is 0 Å². The van der Waals surface area contributed by atoms with Gasteiger partial charge < -0.3 is 15.2 Å². The summed E-state index contributed by atoms with van der Waals surface area (Å²) in [7, 11) is 3.33. The molecule has 0 aromatic heterocycles. The highest BCUT2D eigenvalue weighted by Crippen LogP contribution is 2.36. The molecule has 1 aromatic carbocycles. The Morgan fingerprint density at radius 2 is 1.60 bits per heavy atom. The first kappa shape index (κ1) is 10.3. The fourth-order valence-electron chi connectivity index (χ4n) is 2.20. The first-order valence-electron chi connectivity index (χ1n) is 5.22. The maximum absolute atomic E-state index is 5.69. The van der Waals surface area contributed by atoms with E-state index in [1.54, 1.807) is 14.2 Å². The standard InChI is InChI=1S/C12H17NO2/c1-14-11-5-9-3-8(7-13)4-10(9)6-12(11)15-2/h5-6,8H,3-4,7,13H2,1-2H3. The Kier molecular flexibility index (Phi) is 2.82. The summed E-state index contributed by atoms with van der Waals surface area (Å²) in [5.74, 6) is 2.21. The molecule has 3 heteroatoms. The van der Waals surface area contributed by atoms with E-state index in [1.165, 1.54) is 11.1 Å². The Bertz CT molecular complexity index is 330. The number of fused-ring (bicyclic) bond motifs is 1. The molecule has 0 amide bonds. The lowest BCUT2D eigenvalue weighted by molar-refractivity contribution is 0.354. The molecular weight excluding hydrogens is 190 g/mol. The third kappa shape index (κ3) is 1.79. The first-order valence-corrected chi connectivity index (χ1v) is 5.22. The molecule has 0 spiro atoms. The van der Waals surface area contributed by atoms with Gasteiger partial charge in [-0.05, 0) is 48.6 Å². The molecule has 0 bridgehead atoms. The number of benzene rings is 1. The van der Waals surface area contributed by atoms with Crippen LogP contribution in [0, 0.1) is 5.92 Å². The number of hydrogen-bond acceptors (Lipinski definition) is 3. The van der Waals surface area contributed by atoms with Gasteiger partial charge in [-0.1, -0.05) is 0 Å². The van der Waals surface area contributed by atoms with Crippen LogP contribution in [-0.4, -0.2) is 20.8 Å². The molecule has 15 heavy (non-hydrogen) atoms. The number of rotatable bonds is 3. The van der Waals surface area contributed by atoms with E-state index in [0.29, 0.717) is 5.92 Å². The van der Waals surface area contributed by atoms with Gasteiger partial charge in [-0.25, -0.2) is 0 Å². The van der Waals surface area contributed by atoms with Crippen molar-refractivity contribution in [3.05, 3.63) is 23.3 Å². The second kappa shape index (κ2) is 4.11. The SMILES string of the molecule is COc1cc2c(cc1OC)CC(CN)C2. The maximum atomic E-state index is 5.69. The van der Waals surface area contributed by atoms with Crippen LogP contribution in [0.4, 0.5) is 0 Å². The quantitative estimate of drug-likeness (QED) is 0.814.